The van der Waals surface area contributed by atoms with Crippen molar-refractivity contribution in [3.8, 4) is 0 Å². The normalized spacial score (nSPS) is 12.1. The van der Waals surface area contributed by atoms with E-state index in [0.717, 1.165) is 12.1 Å². The molecule has 2 N–H and O–H groups in total. The molecule has 2 aromatic carbocycles. The largest absolute Gasteiger partial charge is 0.394 e. The molecule has 0 heterocycles. The smallest absolute Gasteiger partial charge is 0.0636 e. The number of hydrogen-bond acceptors (Lipinski definition) is 2. The molecule has 0 aliphatic carbocycles. The molecule has 0 aliphatic rings. The molecular formula is C15H16ClNO. The Kier molecular flexibility index (Phi) is 4.62. The van der Waals surface area contributed by atoms with Gasteiger partial charge < -0.3 is 10.4 Å². The molecule has 0 bridgehead atoms. The van der Waals surface area contributed by atoms with Crippen molar-refractivity contribution in [1.82, 2.24) is 0 Å². The second kappa shape index (κ2) is 6.43. The molecule has 0 aliphatic heterocycles. The molecule has 2 rings (SSSR count). The van der Waals surface area contributed by atoms with Crippen LogP contribution in [0.25, 0.3) is 0 Å². The Morgan fingerprint density at radius 3 is 2.50 bits per heavy atom. The number of nitrogens with one attached hydrogen (secondary N) is 1. The van der Waals surface area contributed by atoms with Crippen molar-refractivity contribution in [2.24, 2.45) is 0 Å². The molecule has 0 amide bonds. The fraction of sp³-hybridized carbons (Fsp3) is 0.200. The monoisotopic (exact) mass is 261 g/mol. The Morgan fingerprint density at radius 1 is 1.06 bits per heavy atom. The van der Waals surface area contributed by atoms with Gasteiger partial charge in [-0.25, -0.2) is 0 Å². The number of aliphatic hydroxyl groups is 1. The van der Waals surface area contributed by atoms with Crippen LogP contribution >= 0.6 is 11.6 Å². The molecule has 94 valence electrons. The predicted molar refractivity (Wildman–Crippen MR) is 76.1 cm³/mol. The van der Waals surface area contributed by atoms with E-state index >= 15 is 0 Å². The van der Waals surface area contributed by atoms with Gasteiger partial charge in [-0.05, 0) is 30.2 Å². The molecule has 0 aromatic heterocycles. The summed E-state index contributed by atoms with van der Waals surface area (Å²) in [5.74, 6) is 0. The number of halogens is 1. The lowest BCUT2D eigenvalue weighted by Crippen LogP contribution is -2.26. The standard InChI is InChI=1S/C15H16ClNO/c16-13-7-4-8-14(10-13)17-15(11-18)9-12-5-2-1-3-6-12/h1-8,10,15,17-18H,9,11H2. The maximum atomic E-state index is 9.42. The molecule has 0 spiro atoms. The second-order valence-electron chi connectivity index (χ2n) is 4.22. The third-order valence-corrected chi connectivity index (χ3v) is 2.98. The van der Waals surface area contributed by atoms with Crippen LogP contribution in [0.2, 0.25) is 5.02 Å². The first kappa shape index (κ1) is 12.9. The first-order valence-electron chi connectivity index (χ1n) is 5.95. The van der Waals surface area contributed by atoms with E-state index in [1.807, 2.05) is 42.5 Å². The van der Waals surface area contributed by atoms with Crippen LogP contribution in [0.1, 0.15) is 5.56 Å². The lowest BCUT2D eigenvalue weighted by Gasteiger charge is -2.17. The zero-order valence-corrected chi connectivity index (χ0v) is 10.8. The highest BCUT2D eigenvalue weighted by Gasteiger charge is 2.08. The van der Waals surface area contributed by atoms with Crippen molar-refractivity contribution in [3.05, 3.63) is 65.2 Å². The van der Waals surface area contributed by atoms with E-state index in [2.05, 4.69) is 17.4 Å². The highest BCUT2D eigenvalue weighted by atomic mass is 35.5. The molecule has 2 aromatic rings. The Labute approximate surface area is 112 Å². The van der Waals surface area contributed by atoms with Gasteiger partial charge in [-0.1, -0.05) is 48.0 Å². The fourth-order valence-electron chi connectivity index (χ4n) is 1.87. The zero-order chi connectivity index (χ0) is 12.8. The molecule has 3 heteroatoms. The van der Waals surface area contributed by atoms with Crippen LogP contribution in [-0.2, 0) is 6.42 Å². The summed E-state index contributed by atoms with van der Waals surface area (Å²) >= 11 is 5.93. The van der Waals surface area contributed by atoms with Gasteiger partial charge in [-0.3, -0.25) is 0 Å². The van der Waals surface area contributed by atoms with Crippen molar-refractivity contribution < 1.29 is 5.11 Å². The van der Waals surface area contributed by atoms with Crippen LogP contribution in [0.4, 0.5) is 5.69 Å². The van der Waals surface area contributed by atoms with Gasteiger partial charge in [-0.15, -0.1) is 0 Å². The van der Waals surface area contributed by atoms with Crippen molar-refractivity contribution in [3.63, 3.8) is 0 Å². The van der Waals surface area contributed by atoms with Gasteiger partial charge in [0.2, 0.25) is 0 Å². The maximum Gasteiger partial charge on any atom is 0.0636 e. The third-order valence-electron chi connectivity index (χ3n) is 2.74. The minimum Gasteiger partial charge on any atom is -0.394 e. The molecule has 1 unspecified atom stereocenters. The zero-order valence-electron chi connectivity index (χ0n) is 10.0. The van der Waals surface area contributed by atoms with Gasteiger partial charge in [0.25, 0.3) is 0 Å². The van der Waals surface area contributed by atoms with Crippen LogP contribution < -0.4 is 5.32 Å². The number of rotatable bonds is 5. The average Bonchev–Trinajstić information content (AvgIpc) is 2.39. The Hall–Kier alpha value is -1.51. The summed E-state index contributed by atoms with van der Waals surface area (Å²) in [7, 11) is 0. The first-order valence-corrected chi connectivity index (χ1v) is 6.32. The molecule has 1 atom stereocenters. The van der Waals surface area contributed by atoms with E-state index in [1.54, 1.807) is 0 Å². The topological polar surface area (TPSA) is 32.3 Å². The second-order valence-corrected chi connectivity index (χ2v) is 4.66. The van der Waals surface area contributed by atoms with Crippen LogP contribution in [0.15, 0.2) is 54.6 Å². The van der Waals surface area contributed by atoms with E-state index in [9.17, 15) is 5.11 Å². The Bertz CT molecular complexity index is 487. The summed E-state index contributed by atoms with van der Waals surface area (Å²) in [5.41, 5.74) is 2.13. The molecule has 2 nitrogen and oxygen atoms in total. The Morgan fingerprint density at radius 2 is 1.83 bits per heavy atom. The van der Waals surface area contributed by atoms with Crippen molar-refractivity contribution in [2.45, 2.75) is 12.5 Å². The van der Waals surface area contributed by atoms with E-state index < -0.39 is 0 Å². The predicted octanol–water partition coefficient (Wildman–Crippen LogP) is 3.36. The molecule has 0 fully saturated rings. The minimum absolute atomic E-state index is 0.00846. The summed E-state index contributed by atoms with van der Waals surface area (Å²) in [4.78, 5) is 0. The average molecular weight is 262 g/mol. The van der Waals surface area contributed by atoms with E-state index in [0.29, 0.717) is 5.02 Å². The lowest BCUT2D eigenvalue weighted by molar-refractivity contribution is 0.273. The van der Waals surface area contributed by atoms with Crippen molar-refractivity contribution in [1.29, 1.82) is 0 Å². The van der Waals surface area contributed by atoms with Gasteiger partial charge in [0, 0.05) is 10.7 Å². The highest BCUT2D eigenvalue weighted by molar-refractivity contribution is 6.30. The van der Waals surface area contributed by atoms with Gasteiger partial charge in [0.15, 0.2) is 0 Å². The van der Waals surface area contributed by atoms with Gasteiger partial charge in [0.1, 0.15) is 0 Å². The number of aliphatic hydroxyl groups excluding tert-OH is 1. The Balaban J connectivity index is 2.01. The molecular weight excluding hydrogens is 246 g/mol. The fourth-order valence-corrected chi connectivity index (χ4v) is 2.06. The molecule has 0 saturated heterocycles. The number of benzene rings is 2. The van der Waals surface area contributed by atoms with Gasteiger partial charge >= 0.3 is 0 Å². The van der Waals surface area contributed by atoms with Crippen LogP contribution in [0, 0.1) is 0 Å². The van der Waals surface area contributed by atoms with E-state index in [-0.39, 0.29) is 12.6 Å². The minimum atomic E-state index is -0.00846. The summed E-state index contributed by atoms with van der Waals surface area (Å²) in [6.07, 6.45) is 0.782. The first-order chi connectivity index (χ1) is 8.78. The van der Waals surface area contributed by atoms with Crippen molar-refractivity contribution in [2.75, 3.05) is 11.9 Å². The molecule has 18 heavy (non-hydrogen) atoms. The van der Waals surface area contributed by atoms with Crippen LogP contribution in [0.5, 0.6) is 0 Å². The number of hydrogen-bond donors (Lipinski definition) is 2. The van der Waals surface area contributed by atoms with Gasteiger partial charge in [-0.2, -0.15) is 0 Å². The highest BCUT2D eigenvalue weighted by Crippen LogP contribution is 2.16. The van der Waals surface area contributed by atoms with Crippen molar-refractivity contribution >= 4 is 17.3 Å². The third kappa shape index (κ3) is 3.76. The van der Waals surface area contributed by atoms with E-state index in [4.69, 9.17) is 11.6 Å². The molecule has 0 radical (unpaired) electrons. The van der Waals surface area contributed by atoms with Crippen LogP contribution in [0.3, 0.4) is 0 Å². The summed E-state index contributed by atoms with van der Waals surface area (Å²) in [5, 5.41) is 13.4. The lowest BCUT2D eigenvalue weighted by atomic mass is 10.1. The quantitative estimate of drug-likeness (QED) is 0.865. The maximum absolute atomic E-state index is 9.42. The molecule has 0 saturated carbocycles. The summed E-state index contributed by atoms with van der Waals surface area (Å²) in [6.45, 7) is 0.0847. The summed E-state index contributed by atoms with van der Waals surface area (Å²) < 4.78 is 0. The SMILES string of the molecule is OCC(Cc1ccccc1)Nc1cccc(Cl)c1. The van der Waals surface area contributed by atoms with Gasteiger partial charge in [0.05, 0.1) is 12.6 Å². The van der Waals surface area contributed by atoms with E-state index in [1.165, 1.54) is 5.56 Å². The van der Waals surface area contributed by atoms with Crippen LogP contribution in [-0.4, -0.2) is 17.8 Å². The summed E-state index contributed by atoms with van der Waals surface area (Å²) in [6, 6.07) is 17.6. The number of anilines is 1.